The summed E-state index contributed by atoms with van der Waals surface area (Å²) >= 11 is 12.7. The third-order valence-corrected chi connectivity index (χ3v) is 7.58. The van der Waals surface area contributed by atoms with Gasteiger partial charge in [-0.15, -0.1) is 0 Å². The number of hydrogen-bond acceptors (Lipinski definition) is 4. The van der Waals surface area contributed by atoms with Crippen molar-refractivity contribution in [3.05, 3.63) is 63.6 Å². The van der Waals surface area contributed by atoms with Crippen molar-refractivity contribution in [2.24, 2.45) is 0 Å². The van der Waals surface area contributed by atoms with Crippen molar-refractivity contribution in [1.82, 2.24) is 10.2 Å². The second-order valence-corrected chi connectivity index (χ2v) is 11.8. The zero-order valence-electron chi connectivity index (χ0n) is 21.4. The summed E-state index contributed by atoms with van der Waals surface area (Å²) in [6.45, 7) is 7.66. The first-order valence-corrected chi connectivity index (χ1v) is 14.5. The van der Waals surface area contributed by atoms with E-state index in [0.29, 0.717) is 27.7 Å². The highest BCUT2D eigenvalue weighted by atomic mass is 35.5. The van der Waals surface area contributed by atoms with Crippen LogP contribution in [0, 0.1) is 6.92 Å². The minimum absolute atomic E-state index is 0.0470. The fraction of sp³-hybridized carbons (Fsp3) is 0.462. The summed E-state index contributed by atoms with van der Waals surface area (Å²) in [7, 11) is -3.55. The lowest BCUT2D eigenvalue weighted by atomic mass is 10.1. The third-order valence-electron chi connectivity index (χ3n) is 5.68. The third kappa shape index (κ3) is 8.39. The molecule has 36 heavy (non-hydrogen) atoms. The zero-order valence-corrected chi connectivity index (χ0v) is 23.8. The predicted octanol–water partition coefficient (Wildman–Crippen LogP) is 5.18. The van der Waals surface area contributed by atoms with Crippen LogP contribution in [0.4, 0.5) is 5.69 Å². The standard InChI is InChI=1S/C26H35Cl2N3O4S/c1-6-24(26(33)29-18(2)3)30(17-21-22(27)9-7-10-23(21)28)25(32)11-8-16-31(36(5,34)35)20-14-12-19(4)13-15-20/h7,9-10,12-15,18,24H,6,8,11,16-17H2,1-5H3,(H,29,33). The summed E-state index contributed by atoms with van der Waals surface area (Å²) < 4.78 is 26.2. The van der Waals surface area contributed by atoms with E-state index in [4.69, 9.17) is 23.2 Å². The summed E-state index contributed by atoms with van der Waals surface area (Å²) in [6, 6.07) is 11.4. The Balaban J connectivity index is 2.27. The van der Waals surface area contributed by atoms with Gasteiger partial charge in [-0.25, -0.2) is 8.42 Å². The first kappa shape index (κ1) is 29.9. The Kier molecular flexibility index (Phi) is 11.1. The van der Waals surface area contributed by atoms with Gasteiger partial charge < -0.3 is 10.2 Å². The molecule has 0 bridgehead atoms. The van der Waals surface area contributed by atoms with Gasteiger partial charge in [0.05, 0.1) is 11.9 Å². The van der Waals surface area contributed by atoms with E-state index in [2.05, 4.69) is 5.32 Å². The number of anilines is 1. The molecule has 1 unspecified atom stereocenters. The van der Waals surface area contributed by atoms with E-state index >= 15 is 0 Å². The quantitative estimate of drug-likeness (QED) is 0.391. The van der Waals surface area contributed by atoms with Gasteiger partial charge in [0.2, 0.25) is 21.8 Å². The molecule has 0 saturated carbocycles. The van der Waals surface area contributed by atoms with Crippen molar-refractivity contribution in [3.63, 3.8) is 0 Å². The maximum Gasteiger partial charge on any atom is 0.243 e. The molecule has 198 valence electrons. The van der Waals surface area contributed by atoms with Gasteiger partial charge in [-0.3, -0.25) is 13.9 Å². The van der Waals surface area contributed by atoms with Crippen LogP contribution in [-0.4, -0.2) is 50.0 Å². The molecule has 7 nitrogen and oxygen atoms in total. The number of benzene rings is 2. The molecule has 0 aromatic heterocycles. The Morgan fingerprint density at radius 2 is 1.61 bits per heavy atom. The molecule has 0 aliphatic carbocycles. The molecule has 2 amide bonds. The van der Waals surface area contributed by atoms with E-state index in [1.807, 2.05) is 39.8 Å². The first-order valence-electron chi connectivity index (χ1n) is 11.9. The fourth-order valence-electron chi connectivity index (χ4n) is 3.87. The normalized spacial score (nSPS) is 12.3. The van der Waals surface area contributed by atoms with Crippen LogP contribution in [-0.2, 0) is 26.2 Å². The average molecular weight is 557 g/mol. The van der Waals surface area contributed by atoms with E-state index in [-0.39, 0.29) is 43.8 Å². The van der Waals surface area contributed by atoms with Gasteiger partial charge in [0.15, 0.2) is 0 Å². The number of halogens is 2. The van der Waals surface area contributed by atoms with Gasteiger partial charge in [0.25, 0.3) is 0 Å². The van der Waals surface area contributed by atoms with Crippen molar-refractivity contribution in [2.75, 3.05) is 17.1 Å². The van der Waals surface area contributed by atoms with Crippen LogP contribution in [0.5, 0.6) is 0 Å². The largest absolute Gasteiger partial charge is 0.352 e. The van der Waals surface area contributed by atoms with Crippen molar-refractivity contribution >= 4 is 50.7 Å². The molecular formula is C26H35Cl2N3O4S. The number of rotatable bonds is 12. The Morgan fingerprint density at radius 1 is 1.03 bits per heavy atom. The monoisotopic (exact) mass is 555 g/mol. The number of aryl methyl sites for hydroxylation is 1. The van der Waals surface area contributed by atoms with E-state index in [1.54, 1.807) is 30.3 Å². The lowest BCUT2D eigenvalue weighted by Crippen LogP contribution is -2.50. The smallest absolute Gasteiger partial charge is 0.243 e. The number of nitrogens with zero attached hydrogens (tertiary/aromatic N) is 2. The van der Waals surface area contributed by atoms with Crippen LogP contribution in [0.15, 0.2) is 42.5 Å². The maximum absolute atomic E-state index is 13.5. The molecule has 0 spiro atoms. The van der Waals surface area contributed by atoms with Crippen LogP contribution in [0.1, 0.15) is 51.2 Å². The van der Waals surface area contributed by atoms with Crippen molar-refractivity contribution in [2.45, 2.75) is 65.6 Å². The van der Waals surface area contributed by atoms with E-state index in [0.717, 1.165) is 11.8 Å². The summed E-state index contributed by atoms with van der Waals surface area (Å²) in [5.74, 6) is -0.546. The highest BCUT2D eigenvalue weighted by Crippen LogP contribution is 2.27. The highest BCUT2D eigenvalue weighted by Gasteiger charge is 2.30. The summed E-state index contributed by atoms with van der Waals surface area (Å²) in [6.07, 6.45) is 1.86. The van der Waals surface area contributed by atoms with E-state index in [1.165, 1.54) is 9.21 Å². The van der Waals surface area contributed by atoms with Crippen LogP contribution in [0.2, 0.25) is 10.0 Å². The molecule has 2 aromatic carbocycles. The van der Waals surface area contributed by atoms with Gasteiger partial charge in [0, 0.05) is 41.2 Å². The topological polar surface area (TPSA) is 86.8 Å². The first-order chi connectivity index (χ1) is 16.8. The second kappa shape index (κ2) is 13.3. The minimum Gasteiger partial charge on any atom is -0.352 e. The molecule has 10 heteroatoms. The van der Waals surface area contributed by atoms with Gasteiger partial charge >= 0.3 is 0 Å². The second-order valence-electron chi connectivity index (χ2n) is 9.08. The summed E-state index contributed by atoms with van der Waals surface area (Å²) in [5.41, 5.74) is 2.11. The van der Waals surface area contributed by atoms with E-state index < -0.39 is 16.1 Å². The van der Waals surface area contributed by atoms with Crippen molar-refractivity contribution in [3.8, 4) is 0 Å². The molecular weight excluding hydrogens is 521 g/mol. The van der Waals surface area contributed by atoms with Gasteiger partial charge in [-0.05, 0) is 57.9 Å². The molecule has 0 saturated heterocycles. The molecule has 0 radical (unpaired) electrons. The number of sulfonamides is 1. The SMILES string of the molecule is CCC(C(=O)NC(C)C)N(Cc1c(Cl)cccc1Cl)C(=O)CCCN(c1ccc(C)cc1)S(C)(=O)=O. The molecule has 0 aliphatic rings. The molecule has 2 aromatic rings. The summed E-state index contributed by atoms with van der Waals surface area (Å²) in [5, 5.41) is 3.69. The van der Waals surface area contributed by atoms with E-state index in [9.17, 15) is 18.0 Å². The Bertz CT molecular complexity index is 1130. The number of nitrogens with one attached hydrogen (secondary N) is 1. The number of amides is 2. The van der Waals surface area contributed by atoms with Gasteiger partial charge in [0.1, 0.15) is 6.04 Å². The van der Waals surface area contributed by atoms with Crippen LogP contribution < -0.4 is 9.62 Å². The molecule has 0 fully saturated rings. The maximum atomic E-state index is 13.5. The number of carbonyl (C=O) groups excluding carboxylic acids is 2. The van der Waals surface area contributed by atoms with Crippen molar-refractivity contribution < 1.29 is 18.0 Å². The molecule has 2 rings (SSSR count). The van der Waals surface area contributed by atoms with Crippen LogP contribution >= 0.6 is 23.2 Å². The van der Waals surface area contributed by atoms with Crippen LogP contribution in [0.25, 0.3) is 0 Å². The van der Waals surface area contributed by atoms with Crippen LogP contribution in [0.3, 0.4) is 0 Å². The van der Waals surface area contributed by atoms with Gasteiger partial charge in [-0.2, -0.15) is 0 Å². The average Bonchev–Trinajstić information content (AvgIpc) is 2.78. The Morgan fingerprint density at radius 3 is 2.11 bits per heavy atom. The number of carbonyl (C=O) groups is 2. The minimum atomic E-state index is -3.55. The zero-order chi connectivity index (χ0) is 27.0. The summed E-state index contributed by atoms with van der Waals surface area (Å²) in [4.78, 5) is 27.9. The highest BCUT2D eigenvalue weighted by molar-refractivity contribution is 7.92. The molecule has 1 atom stereocenters. The molecule has 0 heterocycles. The van der Waals surface area contributed by atoms with Gasteiger partial charge in [-0.1, -0.05) is 53.9 Å². The Labute approximate surface area is 224 Å². The predicted molar refractivity (Wildman–Crippen MR) is 147 cm³/mol. The number of hydrogen-bond donors (Lipinski definition) is 1. The lowest BCUT2D eigenvalue weighted by Gasteiger charge is -2.32. The molecule has 1 N–H and O–H groups in total. The van der Waals surface area contributed by atoms with Crippen molar-refractivity contribution in [1.29, 1.82) is 0 Å². The fourth-order valence-corrected chi connectivity index (χ4v) is 5.35. The lowest BCUT2D eigenvalue weighted by molar-refractivity contribution is -0.141. The Hall–Kier alpha value is -2.29. The molecule has 0 aliphatic heterocycles.